The fourth-order valence-corrected chi connectivity index (χ4v) is 2.88. The molecular formula is C15H18ClN3OS. The summed E-state index contributed by atoms with van der Waals surface area (Å²) in [4.78, 5) is 18.9. The molecule has 0 aliphatic heterocycles. The molecular weight excluding hydrogens is 306 g/mol. The van der Waals surface area contributed by atoms with Crippen LogP contribution in [0, 0.1) is 0 Å². The first-order chi connectivity index (χ1) is 10.2. The molecule has 0 atom stereocenters. The van der Waals surface area contributed by atoms with Crippen molar-refractivity contribution in [2.45, 2.75) is 18.6 Å². The van der Waals surface area contributed by atoms with Gasteiger partial charge in [-0.1, -0.05) is 23.7 Å². The van der Waals surface area contributed by atoms with E-state index in [0.717, 1.165) is 35.0 Å². The van der Waals surface area contributed by atoms with Crippen LogP contribution in [0.25, 0.3) is 0 Å². The zero-order chi connectivity index (χ0) is 14.9. The minimum absolute atomic E-state index is 0.0708. The highest BCUT2D eigenvalue weighted by Gasteiger charge is 2.02. The molecule has 0 aliphatic carbocycles. The molecule has 1 heterocycles. The van der Waals surface area contributed by atoms with Gasteiger partial charge in [-0.15, -0.1) is 11.8 Å². The van der Waals surface area contributed by atoms with Crippen molar-refractivity contribution >= 4 is 29.3 Å². The number of nitrogens with zero attached hydrogens (tertiary/aromatic N) is 1. The van der Waals surface area contributed by atoms with Gasteiger partial charge in [0.15, 0.2) is 0 Å². The molecule has 0 fully saturated rings. The second kappa shape index (κ2) is 8.74. The summed E-state index contributed by atoms with van der Waals surface area (Å²) in [5.41, 5.74) is 1.14. The van der Waals surface area contributed by atoms with Crippen molar-refractivity contribution in [1.82, 2.24) is 15.3 Å². The molecule has 2 rings (SSSR count). The van der Waals surface area contributed by atoms with Crippen LogP contribution in [-0.2, 0) is 17.0 Å². The zero-order valence-electron chi connectivity index (χ0n) is 11.6. The molecule has 0 unspecified atom stereocenters. The third kappa shape index (κ3) is 6.23. The van der Waals surface area contributed by atoms with Crippen LogP contribution in [0.3, 0.4) is 0 Å². The number of halogens is 1. The second-order valence-corrected chi connectivity index (χ2v) is 6.03. The first kappa shape index (κ1) is 15.9. The molecule has 2 aromatic rings. The fraction of sp³-hybridized carbons (Fsp3) is 0.333. The van der Waals surface area contributed by atoms with Crippen molar-refractivity contribution in [3.8, 4) is 0 Å². The van der Waals surface area contributed by atoms with Gasteiger partial charge in [-0.2, -0.15) is 0 Å². The van der Waals surface area contributed by atoms with Crippen molar-refractivity contribution in [1.29, 1.82) is 0 Å². The Balaban J connectivity index is 1.55. The number of hydrogen-bond donors (Lipinski definition) is 2. The molecule has 0 saturated heterocycles. The molecule has 112 valence electrons. The number of hydrogen-bond acceptors (Lipinski definition) is 3. The molecule has 0 saturated carbocycles. The summed E-state index contributed by atoms with van der Waals surface area (Å²) >= 11 is 7.51. The van der Waals surface area contributed by atoms with Gasteiger partial charge in [0.1, 0.15) is 5.82 Å². The Bertz CT molecular complexity index is 560. The van der Waals surface area contributed by atoms with Gasteiger partial charge in [0.25, 0.3) is 0 Å². The van der Waals surface area contributed by atoms with Crippen molar-refractivity contribution in [3.05, 3.63) is 53.1 Å². The average molecular weight is 324 g/mol. The fourth-order valence-electron chi connectivity index (χ4n) is 1.86. The molecule has 0 spiro atoms. The Labute approximate surface area is 133 Å². The zero-order valence-corrected chi connectivity index (χ0v) is 13.2. The van der Waals surface area contributed by atoms with Crippen LogP contribution >= 0.6 is 23.4 Å². The van der Waals surface area contributed by atoms with E-state index in [-0.39, 0.29) is 5.91 Å². The molecule has 21 heavy (non-hydrogen) atoms. The van der Waals surface area contributed by atoms with Gasteiger partial charge in [-0.25, -0.2) is 4.98 Å². The maximum atomic E-state index is 11.7. The molecule has 0 radical (unpaired) electrons. The van der Waals surface area contributed by atoms with Crippen LogP contribution in [0.4, 0.5) is 0 Å². The molecule has 1 amide bonds. The van der Waals surface area contributed by atoms with E-state index in [1.165, 1.54) is 0 Å². The number of carbonyl (C=O) groups excluding carboxylic acids is 1. The third-order valence-corrected chi connectivity index (χ3v) is 4.10. The van der Waals surface area contributed by atoms with E-state index in [4.69, 9.17) is 11.6 Å². The van der Waals surface area contributed by atoms with Gasteiger partial charge in [0, 0.05) is 36.1 Å². The number of thioether (sulfide) groups is 1. The molecule has 1 aromatic heterocycles. The summed E-state index contributed by atoms with van der Waals surface area (Å²) in [6.45, 7) is 0.678. The van der Waals surface area contributed by atoms with E-state index in [2.05, 4.69) is 15.3 Å². The van der Waals surface area contributed by atoms with E-state index < -0.39 is 0 Å². The Morgan fingerprint density at radius 1 is 1.43 bits per heavy atom. The molecule has 6 heteroatoms. The number of amides is 1. The SMILES string of the molecule is O=C(CSCc1cccc(Cl)c1)NCCCc1ncc[nH]1. The number of aryl methyl sites for hydroxylation is 1. The molecule has 2 N–H and O–H groups in total. The molecule has 4 nitrogen and oxygen atoms in total. The highest BCUT2D eigenvalue weighted by Crippen LogP contribution is 2.16. The van der Waals surface area contributed by atoms with Crippen molar-refractivity contribution in [2.24, 2.45) is 0 Å². The van der Waals surface area contributed by atoms with Gasteiger partial charge in [0.05, 0.1) is 5.75 Å². The third-order valence-electron chi connectivity index (χ3n) is 2.86. The predicted octanol–water partition coefficient (Wildman–Crippen LogP) is 3.05. The van der Waals surface area contributed by atoms with E-state index in [1.807, 2.05) is 24.3 Å². The summed E-state index contributed by atoms with van der Waals surface area (Å²) in [5.74, 6) is 2.29. The molecule has 0 aliphatic rings. The summed E-state index contributed by atoms with van der Waals surface area (Å²) in [5, 5.41) is 3.65. The summed E-state index contributed by atoms with van der Waals surface area (Å²) < 4.78 is 0. The van der Waals surface area contributed by atoms with E-state index in [1.54, 1.807) is 24.2 Å². The Morgan fingerprint density at radius 2 is 2.33 bits per heavy atom. The minimum Gasteiger partial charge on any atom is -0.355 e. The van der Waals surface area contributed by atoms with Gasteiger partial charge >= 0.3 is 0 Å². The maximum Gasteiger partial charge on any atom is 0.230 e. The summed E-state index contributed by atoms with van der Waals surface area (Å²) in [6, 6.07) is 7.71. The van der Waals surface area contributed by atoms with Crippen LogP contribution in [0.2, 0.25) is 5.02 Å². The largest absolute Gasteiger partial charge is 0.355 e. The van der Waals surface area contributed by atoms with Crippen LogP contribution in [0.5, 0.6) is 0 Å². The number of aromatic nitrogens is 2. The number of H-pyrrole nitrogens is 1. The predicted molar refractivity (Wildman–Crippen MR) is 87.5 cm³/mol. The van der Waals surface area contributed by atoms with Gasteiger partial charge in [0.2, 0.25) is 5.91 Å². The van der Waals surface area contributed by atoms with Gasteiger partial charge in [-0.3, -0.25) is 4.79 Å². The summed E-state index contributed by atoms with van der Waals surface area (Å²) in [6.07, 6.45) is 5.28. The molecule has 1 aromatic carbocycles. The number of nitrogens with one attached hydrogen (secondary N) is 2. The second-order valence-electron chi connectivity index (χ2n) is 4.61. The van der Waals surface area contributed by atoms with Crippen LogP contribution in [0.15, 0.2) is 36.7 Å². The Kier molecular flexibility index (Phi) is 6.63. The normalized spacial score (nSPS) is 10.5. The van der Waals surface area contributed by atoms with Crippen molar-refractivity contribution in [2.75, 3.05) is 12.3 Å². The first-order valence-electron chi connectivity index (χ1n) is 6.81. The lowest BCUT2D eigenvalue weighted by molar-refractivity contribution is -0.118. The lowest BCUT2D eigenvalue weighted by Crippen LogP contribution is -2.26. The summed E-state index contributed by atoms with van der Waals surface area (Å²) in [7, 11) is 0. The number of imidazole rings is 1. The highest BCUT2D eigenvalue weighted by molar-refractivity contribution is 7.99. The lowest BCUT2D eigenvalue weighted by Gasteiger charge is -2.05. The van der Waals surface area contributed by atoms with Gasteiger partial charge in [-0.05, 0) is 24.1 Å². The molecule has 0 bridgehead atoms. The monoisotopic (exact) mass is 323 g/mol. The number of carbonyl (C=O) groups is 1. The van der Waals surface area contributed by atoms with Crippen molar-refractivity contribution < 1.29 is 4.79 Å². The smallest absolute Gasteiger partial charge is 0.230 e. The number of aromatic amines is 1. The van der Waals surface area contributed by atoms with Crippen LogP contribution < -0.4 is 5.32 Å². The van der Waals surface area contributed by atoms with Crippen LogP contribution in [-0.4, -0.2) is 28.2 Å². The number of benzene rings is 1. The minimum atomic E-state index is 0.0708. The lowest BCUT2D eigenvalue weighted by atomic mass is 10.2. The first-order valence-corrected chi connectivity index (χ1v) is 8.34. The van der Waals surface area contributed by atoms with Crippen molar-refractivity contribution in [3.63, 3.8) is 0 Å². The van der Waals surface area contributed by atoms with E-state index in [0.29, 0.717) is 12.3 Å². The number of rotatable bonds is 8. The van der Waals surface area contributed by atoms with E-state index >= 15 is 0 Å². The van der Waals surface area contributed by atoms with Gasteiger partial charge < -0.3 is 10.3 Å². The topological polar surface area (TPSA) is 57.8 Å². The Hall–Kier alpha value is -1.46. The maximum absolute atomic E-state index is 11.7. The highest BCUT2D eigenvalue weighted by atomic mass is 35.5. The van der Waals surface area contributed by atoms with E-state index in [9.17, 15) is 4.79 Å². The standard InChI is InChI=1S/C15H18ClN3OS/c16-13-4-1-3-12(9-13)10-21-11-15(20)19-6-2-5-14-17-7-8-18-14/h1,3-4,7-9H,2,5-6,10-11H2,(H,17,18)(H,19,20). The quantitative estimate of drug-likeness (QED) is 0.734. The average Bonchev–Trinajstić information content (AvgIpc) is 2.97. The van der Waals surface area contributed by atoms with Crippen LogP contribution in [0.1, 0.15) is 17.8 Å². The Morgan fingerprint density at radius 3 is 3.10 bits per heavy atom.